The van der Waals surface area contributed by atoms with Crippen molar-refractivity contribution in [1.29, 1.82) is 0 Å². The number of hydrogen-bond donors (Lipinski definition) is 3. The van der Waals surface area contributed by atoms with E-state index in [9.17, 15) is 9.59 Å². The molecule has 3 N–H and O–H groups in total. The van der Waals surface area contributed by atoms with Crippen LogP contribution in [0, 0.1) is 0 Å². The van der Waals surface area contributed by atoms with Gasteiger partial charge in [0.1, 0.15) is 17.0 Å². The lowest BCUT2D eigenvalue weighted by atomic mass is 10.2. The Bertz CT molecular complexity index is 1060. The van der Waals surface area contributed by atoms with Crippen molar-refractivity contribution in [3.63, 3.8) is 0 Å². The summed E-state index contributed by atoms with van der Waals surface area (Å²) < 4.78 is 12.5. The van der Waals surface area contributed by atoms with Crippen molar-refractivity contribution in [3.05, 3.63) is 30.0 Å². The number of aryl methyl sites for hydroxylation is 1. The monoisotopic (exact) mass is 386 g/mol. The fourth-order valence-electron chi connectivity index (χ4n) is 2.84. The number of amides is 1. The highest BCUT2D eigenvalue weighted by atomic mass is 16.6. The SMILES string of the molecule is COc1c(NC(=O)OC(C)(C)C)cn(C)c1-c1nc2ccc(C(=O)O)cc2[nH]1. The lowest BCUT2D eigenvalue weighted by molar-refractivity contribution is 0.0633. The maximum absolute atomic E-state index is 12.1. The summed E-state index contributed by atoms with van der Waals surface area (Å²) in [5.41, 5.74) is 1.76. The quantitative estimate of drug-likeness (QED) is 0.630. The van der Waals surface area contributed by atoms with Crippen LogP contribution in [0.3, 0.4) is 0 Å². The molecular formula is C19H22N4O5. The molecule has 3 rings (SSSR count). The molecular weight excluding hydrogens is 364 g/mol. The van der Waals surface area contributed by atoms with E-state index in [1.807, 2.05) is 0 Å². The van der Waals surface area contributed by atoms with Crippen molar-refractivity contribution < 1.29 is 24.2 Å². The van der Waals surface area contributed by atoms with Crippen LogP contribution < -0.4 is 10.1 Å². The number of nitrogens with zero attached hydrogens (tertiary/aromatic N) is 2. The summed E-state index contributed by atoms with van der Waals surface area (Å²) in [7, 11) is 3.28. The van der Waals surface area contributed by atoms with Crippen LogP contribution in [0.4, 0.5) is 10.5 Å². The number of aromatic amines is 1. The van der Waals surface area contributed by atoms with Crippen molar-refractivity contribution in [1.82, 2.24) is 14.5 Å². The van der Waals surface area contributed by atoms with Crippen molar-refractivity contribution >= 4 is 28.8 Å². The molecule has 0 aliphatic heterocycles. The molecule has 0 bridgehead atoms. The lowest BCUT2D eigenvalue weighted by Crippen LogP contribution is -2.27. The molecule has 0 unspecified atom stereocenters. The molecule has 148 valence electrons. The van der Waals surface area contributed by atoms with Crippen molar-refractivity contribution in [2.24, 2.45) is 7.05 Å². The smallest absolute Gasteiger partial charge is 0.412 e. The van der Waals surface area contributed by atoms with Crippen LogP contribution in [-0.4, -0.2) is 44.4 Å². The van der Waals surface area contributed by atoms with Gasteiger partial charge in [0.15, 0.2) is 11.6 Å². The van der Waals surface area contributed by atoms with Gasteiger partial charge in [0.25, 0.3) is 0 Å². The van der Waals surface area contributed by atoms with Gasteiger partial charge >= 0.3 is 12.1 Å². The molecule has 0 saturated heterocycles. The lowest BCUT2D eigenvalue weighted by Gasteiger charge is -2.19. The van der Waals surface area contributed by atoms with Gasteiger partial charge in [-0.15, -0.1) is 0 Å². The maximum Gasteiger partial charge on any atom is 0.412 e. The molecule has 0 atom stereocenters. The first-order valence-corrected chi connectivity index (χ1v) is 8.56. The average Bonchev–Trinajstić information content (AvgIpc) is 3.11. The minimum Gasteiger partial charge on any atom is -0.492 e. The highest BCUT2D eigenvalue weighted by molar-refractivity contribution is 5.94. The van der Waals surface area contributed by atoms with Gasteiger partial charge in [0, 0.05) is 13.2 Å². The van der Waals surface area contributed by atoms with Crippen LogP contribution in [0.2, 0.25) is 0 Å². The number of hydrogen-bond acceptors (Lipinski definition) is 5. The zero-order chi connectivity index (χ0) is 20.6. The van der Waals surface area contributed by atoms with Crippen LogP contribution >= 0.6 is 0 Å². The number of rotatable bonds is 4. The zero-order valence-electron chi connectivity index (χ0n) is 16.3. The highest BCUT2D eigenvalue weighted by Crippen LogP contribution is 2.37. The average molecular weight is 386 g/mol. The van der Waals surface area contributed by atoms with Gasteiger partial charge in [-0.1, -0.05) is 0 Å². The number of methoxy groups -OCH3 is 1. The van der Waals surface area contributed by atoms with Gasteiger partial charge in [-0.3, -0.25) is 5.32 Å². The Morgan fingerprint density at radius 3 is 2.61 bits per heavy atom. The molecule has 9 nitrogen and oxygen atoms in total. The Kier molecular flexibility index (Phi) is 4.76. The summed E-state index contributed by atoms with van der Waals surface area (Å²) in [5, 5.41) is 11.8. The van der Waals surface area contributed by atoms with Crippen LogP contribution in [0.25, 0.3) is 22.6 Å². The Morgan fingerprint density at radius 1 is 1.29 bits per heavy atom. The van der Waals surface area contributed by atoms with Gasteiger partial charge in [-0.2, -0.15) is 0 Å². The second-order valence-electron chi connectivity index (χ2n) is 7.28. The minimum atomic E-state index is -1.02. The summed E-state index contributed by atoms with van der Waals surface area (Å²) >= 11 is 0. The number of aromatic carboxylic acids is 1. The molecule has 1 aromatic carbocycles. The number of benzene rings is 1. The summed E-state index contributed by atoms with van der Waals surface area (Å²) in [6, 6.07) is 4.64. The number of carboxylic acid groups (broad SMARTS) is 1. The van der Waals surface area contributed by atoms with E-state index in [-0.39, 0.29) is 5.56 Å². The molecule has 0 saturated carbocycles. The van der Waals surface area contributed by atoms with E-state index in [1.165, 1.54) is 19.2 Å². The third-order valence-corrected chi connectivity index (χ3v) is 3.93. The highest BCUT2D eigenvalue weighted by Gasteiger charge is 2.23. The second kappa shape index (κ2) is 6.91. The minimum absolute atomic E-state index is 0.161. The zero-order valence-corrected chi connectivity index (χ0v) is 16.3. The third kappa shape index (κ3) is 3.78. The molecule has 9 heteroatoms. The normalized spacial score (nSPS) is 11.5. The number of ether oxygens (including phenoxy) is 2. The number of anilines is 1. The van der Waals surface area contributed by atoms with E-state index >= 15 is 0 Å². The van der Waals surface area contributed by atoms with Gasteiger partial charge in [-0.05, 0) is 39.0 Å². The van der Waals surface area contributed by atoms with Crippen LogP contribution in [0.5, 0.6) is 5.75 Å². The third-order valence-electron chi connectivity index (χ3n) is 3.93. The van der Waals surface area contributed by atoms with Gasteiger partial charge in [0.05, 0.1) is 23.7 Å². The first-order valence-electron chi connectivity index (χ1n) is 8.56. The number of carbonyl (C=O) groups is 2. The molecule has 28 heavy (non-hydrogen) atoms. The molecule has 0 aliphatic rings. The molecule has 0 radical (unpaired) electrons. The Labute approximate surface area is 161 Å². The molecule has 1 amide bonds. The number of carboxylic acids is 1. The van der Waals surface area contributed by atoms with E-state index in [2.05, 4.69) is 15.3 Å². The van der Waals surface area contributed by atoms with Crippen molar-refractivity contribution in [2.75, 3.05) is 12.4 Å². The first-order chi connectivity index (χ1) is 13.1. The Hall–Kier alpha value is -3.49. The first kappa shape index (κ1) is 19.3. The van der Waals surface area contributed by atoms with E-state index in [1.54, 1.807) is 44.6 Å². The topological polar surface area (TPSA) is 118 Å². The second-order valence-corrected chi connectivity index (χ2v) is 7.28. The Morgan fingerprint density at radius 2 is 2.00 bits per heavy atom. The number of H-pyrrole nitrogens is 1. The number of nitrogens with one attached hydrogen (secondary N) is 2. The van der Waals surface area contributed by atoms with Gasteiger partial charge < -0.3 is 24.1 Å². The molecule has 2 aromatic heterocycles. The molecule has 0 fully saturated rings. The van der Waals surface area contributed by atoms with Crippen LogP contribution in [-0.2, 0) is 11.8 Å². The largest absolute Gasteiger partial charge is 0.492 e. The van der Waals surface area contributed by atoms with Crippen LogP contribution in [0.15, 0.2) is 24.4 Å². The number of aromatic nitrogens is 3. The molecule has 0 aliphatic carbocycles. The van der Waals surface area contributed by atoms with Crippen molar-refractivity contribution in [3.8, 4) is 17.3 Å². The van der Waals surface area contributed by atoms with Gasteiger partial charge in [-0.25, -0.2) is 14.6 Å². The molecule has 0 spiro atoms. The summed E-state index contributed by atoms with van der Waals surface area (Å²) in [6.07, 6.45) is 1.09. The van der Waals surface area contributed by atoms with E-state index in [0.29, 0.717) is 34.0 Å². The van der Waals surface area contributed by atoms with Gasteiger partial charge in [0.2, 0.25) is 0 Å². The fraction of sp³-hybridized carbons (Fsp3) is 0.316. The number of fused-ring (bicyclic) bond motifs is 1. The predicted octanol–water partition coefficient (Wildman–Crippen LogP) is 3.62. The Balaban J connectivity index is 2.00. The maximum atomic E-state index is 12.1. The summed E-state index contributed by atoms with van der Waals surface area (Å²) in [6.45, 7) is 5.33. The van der Waals surface area contributed by atoms with Crippen LogP contribution in [0.1, 0.15) is 31.1 Å². The number of carbonyl (C=O) groups excluding carboxylic acids is 1. The van der Waals surface area contributed by atoms with E-state index < -0.39 is 17.7 Å². The number of imidazole rings is 1. The molecule has 3 aromatic rings. The summed E-state index contributed by atoms with van der Waals surface area (Å²) in [5.74, 6) is -0.127. The van der Waals surface area contributed by atoms with E-state index in [4.69, 9.17) is 14.6 Å². The molecule has 2 heterocycles. The predicted molar refractivity (Wildman–Crippen MR) is 104 cm³/mol. The van der Waals surface area contributed by atoms with E-state index in [0.717, 1.165) is 0 Å². The fourth-order valence-corrected chi connectivity index (χ4v) is 2.84. The van der Waals surface area contributed by atoms with Crippen molar-refractivity contribution in [2.45, 2.75) is 26.4 Å². The standard InChI is InChI=1S/C19H22N4O5/c1-19(2,3)28-18(26)22-13-9-23(4)14(15(13)27-5)16-20-11-7-6-10(17(24)25)8-12(11)21-16/h6-9H,1-5H3,(H,20,21)(H,22,26)(H,24,25). The summed E-state index contributed by atoms with van der Waals surface area (Å²) in [4.78, 5) is 30.9.